The Hall–Kier alpha value is -0.470. The summed E-state index contributed by atoms with van der Waals surface area (Å²) < 4.78 is 0. The van der Waals surface area contributed by atoms with Crippen LogP contribution < -0.4 is 5.32 Å². The lowest BCUT2D eigenvalue weighted by molar-refractivity contribution is 0.604. The van der Waals surface area contributed by atoms with Gasteiger partial charge in [0.15, 0.2) is 0 Å². The van der Waals surface area contributed by atoms with E-state index in [-0.39, 0.29) is 0 Å². The number of hydrogen-bond acceptors (Lipinski definition) is 2. The van der Waals surface area contributed by atoms with E-state index in [2.05, 4.69) is 55.3 Å². The molecule has 0 bridgehead atoms. The minimum Gasteiger partial charge on any atom is -0.312 e. The zero-order valence-electron chi connectivity index (χ0n) is 8.79. The van der Waals surface area contributed by atoms with Crippen LogP contribution in [0.3, 0.4) is 0 Å². The highest BCUT2D eigenvalue weighted by molar-refractivity contribution is 7.99. The van der Waals surface area contributed by atoms with Crippen molar-refractivity contribution in [1.82, 2.24) is 5.32 Å². The Morgan fingerprint density at radius 2 is 2.21 bits per heavy atom. The first-order valence-corrected chi connectivity index (χ1v) is 6.28. The molecule has 0 radical (unpaired) electrons. The van der Waals surface area contributed by atoms with Crippen molar-refractivity contribution in [2.45, 2.75) is 24.6 Å². The highest BCUT2D eigenvalue weighted by atomic mass is 32.2. The molecule has 0 spiro atoms. The van der Waals surface area contributed by atoms with Crippen LogP contribution in [0, 0.1) is 0 Å². The highest BCUT2D eigenvalue weighted by Gasteiger charge is 2.30. The maximum Gasteiger partial charge on any atom is 0.0444 e. The standard InChI is InChI=1S/C12H17NS/c1-3-14-11-8-9-6-4-5-7-10(9)12(11)13-2/h4-7,11-13H,3,8H2,1-2H3. The molecule has 14 heavy (non-hydrogen) atoms. The molecule has 0 saturated heterocycles. The predicted octanol–water partition coefficient (Wildman–Crippen LogP) is 2.62. The van der Waals surface area contributed by atoms with Crippen molar-refractivity contribution in [2.75, 3.05) is 12.8 Å². The van der Waals surface area contributed by atoms with Crippen LogP contribution in [0.25, 0.3) is 0 Å². The lowest BCUT2D eigenvalue weighted by Crippen LogP contribution is -2.23. The third-order valence-corrected chi connectivity index (χ3v) is 4.08. The molecule has 1 aromatic rings. The lowest BCUT2D eigenvalue weighted by atomic mass is 10.1. The zero-order valence-corrected chi connectivity index (χ0v) is 9.60. The molecular weight excluding hydrogens is 190 g/mol. The second-order valence-electron chi connectivity index (χ2n) is 3.66. The molecule has 1 aliphatic carbocycles. The Bertz CT molecular complexity index is 311. The van der Waals surface area contributed by atoms with Crippen molar-refractivity contribution in [3.63, 3.8) is 0 Å². The number of benzene rings is 1. The van der Waals surface area contributed by atoms with Gasteiger partial charge in [-0.25, -0.2) is 0 Å². The van der Waals surface area contributed by atoms with Gasteiger partial charge in [0.25, 0.3) is 0 Å². The van der Waals surface area contributed by atoms with Crippen LogP contribution >= 0.6 is 11.8 Å². The minimum atomic E-state index is 0.552. The largest absolute Gasteiger partial charge is 0.312 e. The van der Waals surface area contributed by atoms with E-state index in [1.54, 1.807) is 0 Å². The minimum absolute atomic E-state index is 0.552. The van der Waals surface area contributed by atoms with E-state index in [0.29, 0.717) is 6.04 Å². The number of fused-ring (bicyclic) bond motifs is 1. The maximum absolute atomic E-state index is 3.43. The van der Waals surface area contributed by atoms with Gasteiger partial charge in [0.1, 0.15) is 0 Å². The summed E-state index contributed by atoms with van der Waals surface area (Å²) in [6.07, 6.45) is 1.22. The predicted molar refractivity (Wildman–Crippen MR) is 63.9 cm³/mol. The van der Waals surface area contributed by atoms with Gasteiger partial charge in [-0.2, -0.15) is 11.8 Å². The van der Waals surface area contributed by atoms with Crippen LogP contribution in [0.15, 0.2) is 24.3 Å². The van der Waals surface area contributed by atoms with E-state index in [1.165, 1.54) is 23.3 Å². The van der Waals surface area contributed by atoms with Crippen LogP contribution in [0.2, 0.25) is 0 Å². The molecule has 0 aliphatic heterocycles. The van der Waals surface area contributed by atoms with Crippen LogP contribution in [0.5, 0.6) is 0 Å². The van der Waals surface area contributed by atoms with Crippen molar-refractivity contribution in [3.8, 4) is 0 Å². The number of hydrogen-bond donors (Lipinski definition) is 1. The number of thioether (sulfide) groups is 1. The maximum atomic E-state index is 3.43. The molecule has 0 saturated carbocycles. The fraction of sp³-hybridized carbons (Fsp3) is 0.500. The monoisotopic (exact) mass is 207 g/mol. The second-order valence-corrected chi connectivity index (χ2v) is 5.18. The van der Waals surface area contributed by atoms with E-state index >= 15 is 0 Å². The van der Waals surface area contributed by atoms with E-state index < -0.39 is 0 Å². The quantitative estimate of drug-likeness (QED) is 0.817. The molecule has 76 valence electrons. The van der Waals surface area contributed by atoms with Crippen molar-refractivity contribution in [2.24, 2.45) is 0 Å². The van der Waals surface area contributed by atoms with E-state index in [4.69, 9.17) is 0 Å². The van der Waals surface area contributed by atoms with Gasteiger partial charge >= 0.3 is 0 Å². The summed E-state index contributed by atoms with van der Waals surface area (Å²) in [5.74, 6) is 1.21. The van der Waals surface area contributed by atoms with Crippen LogP contribution in [0.1, 0.15) is 24.1 Å². The molecule has 1 aromatic carbocycles. The fourth-order valence-electron chi connectivity index (χ4n) is 2.27. The van der Waals surface area contributed by atoms with Crippen LogP contribution in [-0.2, 0) is 6.42 Å². The van der Waals surface area contributed by atoms with Crippen molar-refractivity contribution >= 4 is 11.8 Å². The molecule has 0 amide bonds. The molecule has 2 heteroatoms. The number of nitrogens with one attached hydrogen (secondary N) is 1. The SMILES string of the molecule is CCSC1Cc2ccccc2C1NC. The topological polar surface area (TPSA) is 12.0 Å². The van der Waals surface area contributed by atoms with Crippen molar-refractivity contribution in [3.05, 3.63) is 35.4 Å². The Labute approximate surface area is 90.3 Å². The molecule has 1 N–H and O–H groups in total. The normalized spacial score (nSPS) is 25.0. The van der Waals surface area contributed by atoms with Gasteiger partial charge in [-0.3, -0.25) is 0 Å². The van der Waals surface area contributed by atoms with E-state index in [9.17, 15) is 0 Å². The Balaban J connectivity index is 2.24. The van der Waals surface area contributed by atoms with Gasteiger partial charge in [-0.15, -0.1) is 0 Å². The Morgan fingerprint density at radius 3 is 2.93 bits per heavy atom. The van der Waals surface area contributed by atoms with Gasteiger partial charge in [-0.1, -0.05) is 31.2 Å². The molecule has 0 aromatic heterocycles. The molecular formula is C12H17NS. The molecule has 2 unspecified atom stereocenters. The highest BCUT2D eigenvalue weighted by Crippen LogP contribution is 2.37. The van der Waals surface area contributed by atoms with Gasteiger partial charge in [0, 0.05) is 11.3 Å². The van der Waals surface area contributed by atoms with Crippen molar-refractivity contribution < 1.29 is 0 Å². The molecule has 1 aliphatic rings. The van der Waals surface area contributed by atoms with Gasteiger partial charge in [0.2, 0.25) is 0 Å². The summed E-state index contributed by atoms with van der Waals surface area (Å²) in [5, 5.41) is 4.16. The zero-order chi connectivity index (χ0) is 9.97. The first-order valence-electron chi connectivity index (χ1n) is 5.23. The van der Waals surface area contributed by atoms with Gasteiger partial charge in [-0.05, 0) is 30.3 Å². The first-order chi connectivity index (χ1) is 6.86. The summed E-state index contributed by atoms with van der Waals surface area (Å²) in [6, 6.07) is 9.35. The van der Waals surface area contributed by atoms with Gasteiger partial charge < -0.3 is 5.32 Å². The second kappa shape index (κ2) is 4.37. The molecule has 2 atom stereocenters. The third-order valence-electron chi connectivity index (χ3n) is 2.87. The number of rotatable bonds is 3. The summed E-state index contributed by atoms with van der Waals surface area (Å²) in [5.41, 5.74) is 3.03. The summed E-state index contributed by atoms with van der Waals surface area (Å²) in [4.78, 5) is 0. The lowest BCUT2D eigenvalue weighted by Gasteiger charge is -2.18. The van der Waals surface area contributed by atoms with Crippen molar-refractivity contribution in [1.29, 1.82) is 0 Å². The fourth-order valence-corrected chi connectivity index (χ4v) is 3.47. The first kappa shape index (κ1) is 10.1. The average Bonchev–Trinajstić information content (AvgIpc) is 2.55. The Kier molecular flexibility index (Phi) is 3.14. The van der Waals surface area contributed by atoms with E-state index in [0.717, 1.165) is 5.25 Å². The third kappa shape index (κ3) is 1.69. The average molecular weight is 207 g/mol. The molecule has 2 rings (SSSR count). The molecule has 0 fully saturated rings. The Morgan fingerprint density at radius 1 is 1.43 bits per heavy atom. The van der Waals surface area contributed by atoms with E-state index in [1.807, 2.05) is 0 Å². The molecule has 1 nitrogen and oxygen atoms in total. The van der Waals surface area contributed by atoms with Crippen LogP contribution in [0.4, 0.5) is 0 Å². The summed E-state index contributed by atoms with van der Waals surface area (Å²) in [6.45, 7) is 2.24. The van der Waals surface area contributed by atoms with Gasteiger partial charge in [0.05, 0.1) is 0 Å². The smallest absolute Gasteiger partial charge is 0.0444 e. The summed E-state index contributed by atoms with van der Waals surface area (Å²) >= 11 is 2.07. The molecule has 0 heterocycles. The summed E-state index contributed by atoms with van der Waals surface area (Å²) in [7, 11) is 2.07. The van der Waals surface area contributed by atoms with Crippen LogP contribution in [-0.4, -0.2) is 18.1 Å².